The van der Waals surface area contributed by atoms with Crippen LogP contribution in [0.4, 0.5) is 0 Å². The summed E-state index contributed by atoms with van der Waals surface area (Å²) in [6.45, 7) is 4.66. The van der Waals surface area contributed by atoms with E-state index in [1.54, 1.807) is 18.2 Å². The summed E-state index contributed by atoms with van der Waals surface area (Å²) in [4.78, 5) is 12.2. The Balaban J connectivity index is 2.55. The summed E-state index contributed by atoms with van der Waals surface area (Å²) in [5.74, 6) is -0.0506. The predicted molar refractivity (Wildman–Crippen MR) is 76.1 cm³/mol. The standard InChI is InChI=1S/C13H17BrClNO/c1-3-4-11(14)8-16-13(17)10-5-6-12(15)9(2)7-10/h5-7,11H,3-4,8H2,1-2H3,(H,16,17). The lowest BCUT2D eigenvalue weighted by Crippen LogP contribution is -2.29. The van der Waals surface area contributed by atoms with E-state index in [0.717, 1.165) is 18.4 Å². The van der Waals surface area contributed by atoms with Crippen molar-refractivity contribution in [1.82, 2.24) is 5.32 Å². The quantitative estimate of drug-likeness (QED) is 0.819. The van der Waals surface area contributed by atoms with Crippen molar-refractivity contribution >= 4 is 33.4 Å². The van der Waals surface area contributed by atoms with Crippen molar-refractivity contribution in [2.45, 2.75) is 31.5 Å². The number of halogens is 2. The minimum Gasteiger partial charge on any atom is -0.351 e. The SMILES string of the molecule is CCCC(Br)CNC(=O)c1ccc(Cl)c(C)c1. The molecule has 1 unspecified atom stereocenters. The average Bonchev–Trinajstić information content (AvgIpc) is 2.30. The van der Waals surface area contributed by atoms with Gasteiger partial charge < -0.3 is 5.32 Å². The maximum absolute atomic E-state index is 11.8. The first kappa shape index (κ1) is 14.5. The van der Waals surface area contributed by atoms with E-state index in [4.69, 9.17) is 11.6 Å². The third kappa shape index (κ3) is 4.68. The number of amides is 1. The van der Waals surface area contributed by atoms with E-state index in [0.29, 0.717) is 22.0 Å². The van der Waals surface area contributed by atoms with Crippen LogP contribution in [0.1, 0.15) is 35.7 Å². The molecule has 94 valence electrons. The summed E-state index contributed by atoms with van der Waals surface area (Å²) in [5.41, 5.74) is 1.58. The minimum absolute atomic E-state index is 0.0506. The Morgan fingerprint density at radius 3 is 2.82 bits per heavy atom. The molecular formula is C13H17BrClNO. The second-order valence-corrected chi connectivity index (χ2v) is 5.76. The molecule has 1 atom stereocenters. The van der Waals surface area contributed by atoms with Crippen LogP contribution in [0.25, 0.3) is 0 Å². The van der Waals surface area contributed by atoms with Crippen molar-refractivity contribution in [1.29, 1.82) is 0 Å². The van der Waals surface area contributed by atoms with Crippen molar-refractivity contribution in [2.75, 3.05) is 6.54 Å². The van der Waals surface area contributed by atoms with Crippen LogP contribution in [-0.2, 0) is 0 Å². The number of carbonyl (C=O) groups is 1. The van der Waals surface area contributed by atoms with E-state index in [1.165, 1.54) is 0 Å². The number of aryl methyl sites for hydroxylation is 1. The fraction of sp³-hybridized carbons (Fsp3) is 0.462. The number of alkyl halides is 1. The third-order valence-corrected chi connectivity index (χ3v) is 3.71. The maximum atomic E-state index is 11.8. The van der Waals surface area contributed by atoms with Gasteiger partial charge in [0.25, 0.3) is 5.91 Å². The van der Waals surface area contributed by atoms with Crippen LogP contribution in [0.5, 0.6) is 0 Å². The van der Waals surface area contributed by atoms with Crippen LogP contribution < -0.4 is 5.32 Å². The van der Waals surface area contributed by atoms with Gasteiger partial charge in [-0.15, -0.1) is 0 Å². The van der Waals surface area contributed by atoms with Gasteiger partial charge in [-0.25, -0.2) is 0 Å². The van der Waals surface area contributed by atoms with Crippen molar-refractivity contribution in [3.63, 3.8) is 0 Å². The predicted octanol–water partition coefficient (Wildman–Crippen LogP) is 3.94. The Labute approximate surface area is 116 Å². The largest absolute Gasteiger partial charge is 0.351 e. The number of benzene rings is 1. The number of carbonyl (C=O) groups excluding carboxylic acids is 1. The summed E-state index contributed by atoms with van der Waals surface area (Å²) >= 11 is 9.44. The van der Waals surface area contributed by atoms with Crippen molar-refractivity contribution in [3.05, 3.63) is 34.3 Å². The summed E-state index contributed by atoms with van der Waals surface area (Å²) in [6.07, 6.45) is 2.16. The van der Waals surface area contributed by atoms with E-state index < -0.39 is 0 Å². The molecule has 0 fully saturated rings. The minimum atomic E-state index is -0.0506. The van der Waals surface area contributed by atoms with E-state index in [2.05, 4.69) is 28.2 Å². The Hall–Kier alpha value is -0.540. The van der Waals surface area contributed by atoms with Crippen molar-refractivity contribution < 1.29 is 4.79 Å². The lowest BCUT2D eigenvalue weighted by atomic mass is 10.1. The van der Waals surface area contributed by atoms with Gasteiger partial charge in [0.15, 0.2) is 0 Å². The molecule has 1 N–H and O–H groups in total. The normalized spacial score (nSPS) is 12.2. The smallest absolute Gasteiger partial charge is 0.251 e. The highest BCUT2D eigenvalue weighted by Gasteiger charge is 2.09. The molecule has 1 aromatic carbocycles. The first-order valence-electron chi connectivity index (χ1n) is 5.73. The zero-order chi connectivity index (χ0) is 12.8. The Morgan fingerprint density at radius 1 is 1.53 bits per heavy atom. The molecule has 0 aliphatic rings. The van der Waals surface area contributed by atoms with Gasteiger partial charge in [-0.1, -0.05) is 40.9 Å². The van der Waals surface area contributed by atoms with Gasteiger partial charge in [0, 0.05) is 22.0 Å². The lowest BCUT2D eigenvalue weighted by Gasteiger charge is -2.10. The molecule has 0 spiro atoms. The molecule has 17 heavy (non-hydrogen) atoms. The monoisotopic (exact) mass is 317 g/mol. The zero-order valence-electron chi connectivity index (χ0n) is 10.1. The molecule has 4 heteroatoms. The van der Waals surface area contributed by atoms with Crippen molar-refractivity contribution in [3.8, 4) is 0 Å². The molecule has 2 nitrogen and oxygen atoms in total. The number of hydrogen-bond acceptors (Lipinski definition) is 1. The molecule has 0 saturated carbocycles. The molecule has 0 saturated heterocycles. The van der Waals surface area contributed by atoms with Crippen LogP contribution in [0.3, 0.4) is 0 Å². The fourth-order valence-electron chi connectivity index (χ4n) is 1.51. The first-order valence-corrected chi connectivity index (χ1v) is 7.02. The Kier molecular flexibility index (Phi) is 6.00. The highest BCUT2D eigenvalue weighted by atomic mass is 79.9. The van der Waals surface area contributed by atoms with E-state index in [1.807, 2.05) is 6.92 Å². The van der Waals surface area contributed by atoms with Crippen LogP contribution in [-0.4, -0.2) is 17.3 Å². The van der Waals surface area contributed by atoms with E-state index in [9.17, 15) is 4.79 Å². The van der Waals surface area contributed by atoms with Crippen LogP contribution in [0.2, 0.25) is 5.02 Å². The lowest BCUT2D eigenvalue weighted by molar-refractivity contribution is 0.0953. The Morgan fingerprint density at radius 2 is 2.24 bits per heavy atom. The Bertz CT molecular complexity index is 395. The second kappa shape index (κ2) is 7.02. The highest BCUT2D eigenvalue weighted by Crippen LogP contribution is 2.16. The number of nitrogens with one attached hydrogen (secondary N) is 1. The molecule has 1 rings (SSSR count). The van der Waals surface area contributed by atoms with Crippen LogP contribution in [0.15, 0.2) is 18.2 Å². The first-order chi connectivity index (χ1) is 8.04. The summed E-state index contributed by atoms with van der Waals surface area (Å²) in [7, 11) is 0. The molecule has 0 aliphatic carbocycles. The molecule has 0 aromatic heterocycles. The van der Waals surface area contributed by atoms with Gasteiger partial charge in [-0.3, -0.25) is 4.79 Å². The highest BCUT2D eigenvalue weighted by molar-refractivity contribution is 9.09. The molecule has 0 aliphatic heterocycles. The van der Waals surface area contributed by atoms with Gasteiger partial charge >= 0.3 is 0 Å². The average molecular weight is 319 g/mol. The second-order valence-electron chi connectivity index (χ2n) is 4.06. The van der Waals surface area contributed by atoms with Gasteiger partial charge in [-0.2, -0.15) is 0 Å². The summed E-state index contributed by atoms with van der Waals surface area (Å²) in [5, 5.41) is 3.59. The molecule has 0 heterocycles. The number of rotatable bonds is 5. The van der Waals surface area contributed by atoms with Gasteiger partial charge in [0.1, 0.15) is 0 Å². The topological polar surface area (TPSA) is 29.1 Å². The molecule has 0 bridgehead atoms. The van der Waals surface area contributed by atoms with E-state index in [-0.39, 0.29) is 5.91 Å². The van der Waals surface area contributed by atoms with Gasteiger partial charge in [0.2, 0.25) is 0 Å². The van der Waals surface area contributed by atoms with Crippen molar-refractivity contribution in [2.24, 2.45) is 0 Å². The molecular weight excluding hydrogens is 302 g/mol. The molecule has 0 radical (unpaired) electrons. The summed E-state index contributed by atoms with van der Waals surface area (Å²) in [6, 6.07) is 5.30. The zero-order valence-corrected chi connectivity index (χ0v) is 12.4. The van der Waals surface area contributed by atoms with E-state index >= 15 is 0 Å². The maximum Gasteiger partial charge on any atom is 0.251 e. The third-order valence-electron chi connectivity index (χ3n) is 2.51. The molecule has 1 amide bonds. The molecule has 1 aromatic rings. The van der Waals surface area contributed by atoms with Gasteiger partial charge in [0.05, 0.1) is 0 Å². The van der Waals surface area contributed by atoms with Gasteiger partial charge in [-0.05, 0) is 37.1 Å². The van der Waals surface area contributed by atoms with Crippen LogP contribution >= 0.6 is 27.5 Å². The fourth-order valence-corrected chi connectivity index (χ4v) is 2.24. The number of hydrogen-bond donors (Lipinski definition) is 1. The summed E-state index contributed by atoms with van der Waals surface area (Å²) < 4.78 is 0. The van der Waals surface area contributed by atoms with Crippen LogP contribution in [0, 0.1) is 6.92 Å².